The highest BCUT2D eigenvalue weighted by atomic mass is 32.2. The molecule has 1 saturated heterocycles. The Morgan fingerprint density at radius 3 is 2.55 bits per heavy atom. The Morgan fingerprint density at radius 1 is 1.32 bits per heavy atom. The van der Waals surface area contributed by atoms with Gasteiger partial charge < -0.3 is 19.9 Å². The number of aliphatic carboxylic acids is 1. The molecule has 1 rings (SSSR count). The van der Waals surface area contributed by atoms with Crippen molar-refractivity contribution in [2.75, 3.05) is 20.0 Å². The maximum Gasteiger partial charge on any atom is 0.407 e. The van der Waals surface area contributed by atoms with Crippen LogP contribution in [0.25, 0.3) is 0 Å². The minimum Gasteiger partial charge on any atom is -0.480 e. The van der Waals surface area contributed by atoms with Crippen molar-refractivity contribution in [2.45, 2.75) is 37.2 Å². The van der Waals surface area contributed by atoms with Gasteiger partial charge in [0.05, 0.1) is 19.6 Å². The number of rotatable bonds is 7. The topological polar surface area (TPSA) is 114 Å². The standard InChI is InChI=1S/C13H22N2O6S/c1-7(10-14-9(6-22-10)12(18)20-2)4-5-8(11(16)17)15-13(19)21-3/h7-10,14H,4-6H2,1-3H3,(H,15,19)(H,16,17)/t7?,8-,9-,10?/m0/s1. The van der Waals surface area contributed by atoms with Gasteiger partial charge >= 0.3 is 18.0 Å². The number of carboxylic acid groups (broad SMARTS) is 1. The van der Waals surface area contributed by atoms with E-state index in [2.05, 4.69) is 15.4 Å². The van der Waals surface area contributed by atoms with Crippen molar-refractivity contribution in [3.63, 3.8) is 0 Å². The fourth-order valence-electron chi connectivity index (χ4n) is 2.14. The first-order chi connectivity index (χ1) is 10.4. The molecule has 0 aromatic rings. The molecule has 1 aliphatic heterocycles. The fraction of sp³-hybridized carbons (Fsp3) is 0.769. The van der Waals surface area contributed by atoms with Crippen molar-refractivity contribution < 1.29 is 29.0 Å². The fourth-order valence-corrected chi connectivity index (χ4v) is 3.50. The predicted molar refractivity (Wildman–Crippen MR) is 80.5 cm³/mol. The van der Waals surface area contributed by atoms with E-state index in [4.69, 9.17) is 9.84 Å². The van der Waals surface area contributed by atoms with Crippen molar-refractivity contribution in [1.82, 2.24) is 10.6 Å². The van der Waals surface area contributed by atoms with Gasteiger partial charge in [0.1, 0.15) is 12.1 Å². The second-order valence-corrected chi connectivity index (χ2v) is 6.25. The van der Waals surface area contributed by atoms with Crippen LogP contribution in [0.4, 0.5) is 4.79 Å². The molecule has 0 saturated carbocycles. The number of alkyl carbamates (subject to hydrolysis) is 1. The Kier molecular flexibility index (Phi) is 7.46. The summed E-state index contributed by atoms with van der Waals surface area (Å²) in [6.45, 7) is 1.97. The number of ether oxygens (including phenoxy) is 2. The smallest absolute Gasteiger partial charge is 0.407 e. The summed E-state index contributed by atoms with van der Waals surface area (Å²) < 4.78 is 9.10. The Hall–Kier alpha value is -1.48. The molecule has 0 bridgehead atoms. The molecule has 22 heavy (non-hydrogen) atoms. The minimum atomic E-state index is -1.10. The molecule has 1 aliphatic rings. The van der Waals surface area contributed by atoms with Crippen LogP contribution in [-0.4, -0.2) is 60.6 Å². The third kappa shape index (κ3) is 5.38. The highest BCUT2D eigenvalue weighted by Crippen LogP contribution is 2.28. The number of nitrogens with one attached hydrogen (secondary N) is 2. The van der Waals surface area contributed by atoms with Gasteiger partial charge in [-0.3, -0.25) is 10.1 Å². The van der Waals surface area contributed by atoms with E-state index in [1.165, 1.54) is 14.2 Å². The zero-order chi connectivity index (χ0) is 16.7. The predicted octanol–water partition coefficient (Wildman–Crippen LogP) is 0.416. The third-order valence-corrected chi connectivity index (χ3v) is 4.98. The van der Waals surface area contributed by atoms with Crippen molar-refractivity contribution in [1.29, 1.82) is 0 Å². The Morgan fingerprint density at radius 2 is 2.00 bits per heavy atom. The van der Waals surface area contributed by atoms with Crippen LogP contribution in [-0.2, 0) is 19.1 Å². The highest BCUT2D eigenvalue weighted by molar-refractivity contribution is 8.00. The average Bonchev–Trinajstić information content (AvgIpc) is 2.99. The van der Waals surface area contributed by atoms with E-state index in [1.807, 2.05) is 6.92 Å². The molecule has 126 valence electrons. The summed E-state index contributed by atoms with van der Waals surface area (Å²) in [7, 11) is 2.53. The maximum atomic E-state index is 11.5. The zero-order valence-corrected chi connectivity index (χ0v) is 13.6. The average molecular weight is 334 g/mol. The Bertz CT molecular complexity index is 419. The van der Waals surface area contributed by atoms with Gasteiger partial charge in [-0.15, -0.1) is 11.8 Å². The first-order valence-corrected chi connectivity index (χ1v) is 7.96. The normalized spacial score (nSPS) is 23.4. The lowest BCUT2D eigenvalue weighted by molar-refractivity contribution is -0.142. The van der Waals surface area contributed by atoms with Crippen molar-refractivity contribution >= 4 is 29.8 Å². The first kappa shape index (κ1) is 18.6. The summed E-state index contributed by atoms with van der Waals surface area (Å²) >= 11 is 1.61. The second kappa shape index (κ2) is 8.84. The van der Waals surface area contributed by atoms with Crippen molar-refractivity contribution in [3.8, 4) is 0 Å². The van der Waals surface area contributed by atoms with Gasteiger partial charge in [-0.1, -0.05) is 6.92 Å². The molecular weight excluding hydrogens is 312 g/mol. The lowest BCUT2D eigenvalue weighted by Gasteiger charge is -2.21. The third-order valence-electron chi connectivity index (χ3n) is 3.50. The number of carbonyl (C=O) groups is 3. The molecule has 0 spiro atoms. The van der Waals surface area contributed by atoms with Crippen LogP contribution in [0, 0.1) is 5.92 Å². The molecule has 0 radical (unpaired) electrons. The number of hydrogen-bond acceptors (Lipinski definition) is 7. The molecule has 1 heterocycles. The lowest BCUT2D eigenvalue weighted by Crippen LogP contribution is -2.42. The van der Waals surface area contributed by atoms with E-state index in [0.29, 0.717) is 12.2 Å². The number of amides is 1. The van der Waals surface area contributed by atoms with Gasteiger partial charge in [0.25, 0.3) is 0 Å². The number of carboxylic acids is 1. The highest BCUT2D eigenvalue weighted by Gasteiger charge is 2.33. The molecule has 1 fully saturated rings. The SMILES string of the molecule is COC(=O)N[C@@H](CCC(C)C1N[C@H](C(=O)OC)CS1)C(=O)O. The number of carbonyl (C=O) groups excluding carboxylic acids is 2. The molecule has 4 atom stereocenters. The molecule has 3 N–H and O–H groups in total. The summed E-state index contributed by atoms with van der Waals surface area (Å²) in [5.74, 6) is -0.624. The van der Waals surface area contributed by atoms with E-state index < -0.39 is 18.1 Å². The summed E-state index contributed by atoms with van der Waals surface area (Å²) in [5, 5.41) is 14.6. The molecule has 8 nitrogen and oxygen atoms in total. The van der Waals surface area contributed by atoms with Crippen LogP contribution in [0.2, 0.25) is 0 Å². The van der Waals surface area contributed by atoms with Crippen LogP contribution >= 0.6 is 11.8 Å². The monoisotopic (exact) mass is 334 g/mol. The van der Waals surface area contributed by atoms with Gasteiger partial charge in [-0.2, -0.15) is 0 Å². The molecule has 0 aromatic heterocycles. The maximum absolute atomic E-state index is 11.5. The Labute approximate surface area is 133 Å². The number of thioether (sulfide) groups is 1. The van der Waals surface area contributed by atoms with E-state index in [-0.39, 0.29) is 29.7 Å². The summed E-state index contributed by atoms with van der Waals surface area (Å²) in [5.41, 5.74) is 0. The summed E-state index contributed by atoms with van der Waals surface area (Å²) in [6, 6.07) is -1.32. The quantitative estimate of drug-likeness (QED) is 0.574. The van der Waals surface area contributed by atoms with Crippen molar-refractivity contribution in [3.05, 3.63) is 0 Å². The van der Waals surface area contributed by atoms with Gasteiger partial charge in [0, 0.05) is 5.75 Å². The minimum absolute atomic E-state index is 0.0525. The van der Waals surface area contributed by atoms with Crippen LogP contribution in [0.15, 0.2) is 0 Å². The zero-order valence-electron chi connectivity index (χ0n) is 12.8. The lowest BCUT2D eigenvalue weighted by atomic mass is 10.0. The van der Waals surface area contributed by atoms with E-state index in [0.717, 1.165) is 0 Å². The van der Waals surface area contributed by atoms with E-state index >= 15 is 0 Å². The van der Waals surface area contributed by atoms with Gasteiger partial charge in [0.15, 0.2) is 0 Å². The summed E-state index contributed by atoms with van der Waals surface area (Å²) in [4.78, 5) is 33.7. The Balaban J connectivity index is 2.44. The summed E-state index contributed by atoms with van der Waals surface area (Å²) in [6.07, 6.45) is 0.103. The van der Waals surface area contributed by atoms with Gasteiger partial charge in [-0.05, 0) is 18.8 Å². The van der Waals surface area contributed by atoms with Crippen LogP contribution < -0.4 is 10.6 Å². The van der Waals surface area contributed by atoms with Crippen LogP contribution in [0.1, 0.15) is 19.8 Å². The first-order valence-electron chi connectivity index (χ1n) is 6.91. The largest absolute Gasteiger partial charge is 0.480 e. The number of hydrogen-bond donors (Lipinski definition) is 3. The van der Waals surface area contributed by atoms with Crippen molar-refractivity contribution in [2.24, 2.45) is 5.92 Å². The van der Waals surface area contributed by atoms with Crippen LogP contribution in [0.3, 0.4) is 0 Å². The van der Waals surface area contributed by atoms with E-state index in [9.17, 15) is 14.4 Å². The van der Waals surface area contributed by atoms with Crippen LogP contribution in [0.5, 0.6) is 0 Å². The molecule has 0 aliphatic carbocycles. The molecule has 9 heteroatoms. The second-order valence-electron chi connectivity index (χ2n) is 5.08. The molecule has 2 unspecified atom stereocenters. The van der Waals surface area contributed by atoms with Gasteiger partial charge in [-0.25, -0.2) is 9.59 Å². The van der Waals surface area contributed by atoms with E-state index in [1.54, 1.807) is 11.8 Å². The van der Waals surface area contributed by atoms with Gasteiger partial charge in [0.2, 0.25) is 0 Å². The number of methoxy groups -OCH3 is 2. The molecule has 1 amide bonds. The molecular formula is C13H22N2O6S. The number of esters is 1. The molecule has 0 aromatic carbocycles.